The van der Waals surface area contributed by atoms with Gasteiger partial charge >= 0.3 is 0 Å². The maximum atomic E-state index is 12.0. The second-order valence-corrected chi connectivity index (χ2v) is 4.49. The molecule has 6 heteroatoms. The van der Waals surface area contributed by atoms with E-state index in [0.717, 1.165) is 24.5 Å². The van der Waals surface area contributed by atoms with Gasteiger partial charge in [-0.1, -0.05) is 6.07 Å². The Morgan fingerprint density at radius 3 is 3.21 bits per heavy atom. The standard InChI is InChI=1S/C13H15N5O/c19-13(15-6-4-12-16-8-17-18-12)10-2-1-9-3-5-14-11(9)7-10/h1-2,7-8,14H,3-6H2,(H,15,19)(H,16,17,18). The van der Waals surface area contributed by atoms with E-state index in [4.69, 9.17) is 0 Å². The van der Waals surface area contributed by atoms with E-state index in [1.165, 1.54) is 11.9 Å². The molecule has 19 heavy (non-hydrogen) atoms. The Labute approximate surface area is 110 Å². The predicted molar refractivity (Wildman–Crippen MR) is 71.1 cm³/mol. The summed E-state index contributed by atoms with van der Waals surface area (Å²) >= 11 is 0. The van der Waals surface area contributed by atoms with Crippen LogP contribution in [0.4, 0.5) is 5.69 Å². The number of fused-ring (bicyclic) bond motifs is 1. The summed E-state index contributed by atoms with van der Waals surface area (Å²) in [6.45, 7) is 1.49. The second-order valence-electron chi connectivity index (χ2n) is 4.49. The predicted octanol–water partition coefficient (Wildman–Crippen LogP) is 0.745. The van der Waals surface area contributed by atoms with Crippen LogP contribution in [-0.4, -0.2) is 34.2 Å². The zero-order chi connectivity index (χ0) is 13.1. The molecular weight excluding hydrogens is 242 g/mol. The van der Waals surface area contributed by atoms with Gasteiger partial charge in [-0.3, -0.25) is 9.89 Å². The zero-order valence-corrected chi connectivity index (χ0v) is 10.4. The van der Waals surface area contributed by atoms with Crippen LogP contribution < -0.4 is 10.6 Å². The Morgan fingerprint density at radius 1 is 1.42 bits per heavy atom. The van der Waals surface area contributed by atoms with Crippen molar-refractivity contribution in [1.29, 1.82) is 0 Å². The fourth-order valence-corrected chi connectivity index (χ4v) is 2.18. The number of H-pyrrole nitrogens is 1. The lowest BCUT2D eigenvalue weighted by molar-refractivity contribution is 0.0954. The van der Waals surface area contributed by atoms with Gasteiger partial charge in [0, 0.05) is 30.8 Å². The third-order valence-electron chi connectivity index (χ3n) is 3.19. The van der Waals surface area contributed by atoms with Gasteiger partial charge in [0.25, 0.3) is 5.91 Å². The quantitative estimate of drug-likeness (QED) is 0.754. The van der Waals surface area contributed by atoms with Gasteiger partial charge in [-0.2, -0.15) is 5.10 Å². The van der Waals surface area contributed by atoms with E-state index in [0.29, 0.717) is 18.5 Å². The van der Waals surface area contributed by atoms with Crippen LogP contribution in [0.3, 0.4) is 0 Å². The third kappa shape index (κ3) is 2.57. The molecule has 0 unspecified atom stereocenters. The maximum Gasteiger partial charge on any atom is 0.251 e. The number of anilines is 1. The first kappa shape index (κ1) is 11.7. The molecule has 0 aliphatic carbocycles. The average Bonchev–Trinajstić information content (AvgIpc) is 3.08. The number of nitrogens with zero attached hydrogens (tertiary/aromatic N) is 2. The van der Waals surface area contributed by atoms with Crippen molar-refractivity contribution in [2.75, 3.05) is 18.4 Å². The number of carbonyl (C=O) groups is 1. The summed E-state index contributed by atoms with van der Waals surface area (Å²) in [6, 6.07) is 5.79. The van der Waals surface area contributed by atoms with Gasteiger partial charge in [0.05, 0.1) is 0 Å². The highest BCUT2D eigenvalue weighted by molar-refractivity contribution is 5.95. The number of nitrogens with one attached hydrogen (secondary N) is 3. The molecule has 0 saturated carbocycles. The van der Waals surface area contributed by atoms with E-state index in [1.54, 1.807) is 0 Å². The van der Waals surface area contributed by atoms with Crippen LogP contribution >= 0.6 is 0 Å². The molecule has 98 valence electrons. The third-order valence-corrected chi connectivity index (χ3v) is 3.19. The number of aromatic amines is 1. The van der Waals surface area contributed by atoms with Crippen molar-refractivity contribution in [3.8, 4) is 0 Å². The van der Waals surface area contributed by atoms with Crippen molar-refractivity contribution < 1.29 is 4.79 Å². The summed E-state index contributed by atoms with van der Waals surface area (Å²) in [6.07, 6.45) is 3.14. The van der Waals surface area contributed by atoms with Crippen LogP contribution in [0.2, 0.25) is 0 Å². The van der Waals surface area contributed by atoms with Crippen molar-refractivity contribution in [2.24, 2.45) is 0 Å². The Balaban J connectivity index is 1.58. The highest BCUT2D eigenvalue weighted by Crippen LogP contribution is 2.22. The van der Waals surface area contributed by atoms with Crippen molar-refractivity contribution in [1.82, 2.24) is 20.5 Å². The number of amides is 1. The van der Waals surface area contributed by atoms with Crippen LogP contribution in [-0.2, 0) is 12.8 Å². The lowest BCUT2D eigenvalue weighted by atomic mass is 10.1. The first-order valence-corrected chi connectivity index (χ1v) is 6.32. The molecular formula is C13H15N5O. The highest BCUT2D eigenvalue weighted by atomic mass is 16.1. The summed E-state index contributed by atoms with van der Waals surface area (Å²) in [7, 11) is 0. The Bertz CT molecular complexity index is 579. The SMILES string of the molecule is O=C(NCCc1ncn[nH]1)c1ccc2c(c1)NCC2. The molecule has 1 aliphatic rings. The number of rotatable bonds is 4. The van der Waals surface area contributed by atoms with Gasteiger partial charge in [-0.25, -0.2) is 4.98 Å². The highest BCUT2D eigenvalue weighted by Gasteiger charge is 2.13. The van der Waals surface area contributed by atoms with Gasteiger partial charge in [-0.05, 0) is 24.1 Å². The van der Waals surface area contributed by atoms with Crippen molar-refractivity contribution >= 4 is 11.6 Å². The molecule has 2 aromatic rings. The molecule has 2 heterocycles. The van der Waals surface area contributed by atoms with E-state index in [1.807, 2.05) is 18.2 Å². The number of aromatic nitrogens is 3. The minimum atomic E-state index is -0.0592. The summed E-state index contributed by atoms with van der Waals surface area (Å²) in [5.74, 6) is 0.715. The smallest absolute Gasteiger partial charge is 0.251 e. The van der Waals surface area contributed by atoms with Gasteiger partial charge in [0.2, 0.25) is 0 Å². The van der Waals surface area contributed by atoms with Gasteiger partial charge < -0.3 is 10.6 Å². The number of hydrogen-bond donors (Lipinski definition) is 3. The first-order valence-electron chi connectivity index (χ1n) is 6.32. The lowest BCUT2D eigenvalue weighted by Crippen LogP contribution is -2.26. The Hall–Kier alpha value is -2.37. The van der Waals surface area contributed by atoms with Gasteiger partial charge in [0.1, 0.15) is 12.2 Å². The fourth-order valence-electron chi connectivity index (χ4n) is 2.18. The monoisotopic (exact) mass is 257 g/mol. The molecule has 1 amide bonds. The van der Waals surface area contributed by atoms with Crippen molar-refractivity contribution in [2.45, 2.75) is 12.8 Å². The fraction of sp³-hybridized carbons (Fsp3) is 0.308. The minimum Gasteiger partial charge on any atom is -0.384 e. The van der Waals surface area contributed by atoms with E-state index >= 15 is 0 Å². The molecule has 3 N–H and O–H groups in total. The van der Waals surface area contributed by atoms with E-state index in [-0.39, 0.29) is 5.91 Å². The number of carbonyl (C=O) groups excluding carboxylic acids is 1. The molecule has 1 aliphatic heterocycles. The summed E-state index contributed by atoms with van der Waals surface area (Å²) < 4.78 is 0. The van der Waals surface area contributed by atoms with Gasteiger partial charge in [0.15, 0.2) is 0 Å². The molecule has 3 rings (SSSR count). The van der Waals surface area contributed by atoms with Crippen molar-refractivity contribution in [3.05, 3.63) is 41.5 Å². The lowest BCUT2D eigenvalue weighted by Gasteiger charge is -2.06. The molecule has 0 radical (unpaired) electrons. The Morgan fingerprint density at radius 2 is 2.37 bits per heavy atom. The average molecular weight is 257 g/mol. The summed E-state index contributed by atoms with van der Waals surface area (Å²) in [5, 5.41) is 12.7. The molecule has 1 aromatic carbocycles. The Kier molecular flexibility index (Phi) is 3.14. The second kappa shape index (κ2) is 5.09. The van der Waals surface area contributed by atoms with E-state index < -0.39 is 0 Å². The number of benzene rings is 1. The maximum absolute atomic E-state index is 12.0. The number of hydrogen-bond acceptors (Lipinski definition) is 4. The zero-order valence-electron chi connectivity index (χ0n) is 10.4. The van der Waals surface area contributed by atoms with Crippen LogP contribution in [0.1, 0.15) is 21.7 Å². The van der Waals surface area contributed by atoms with Crippen molar-refractivity contribution in [3.63, 3.8) is 0 Å². The topological polar surface area (TPSA) is 82.7 Å². The molecule has 0 atom stereocenters. The molecule has 1 aromatic heterocycles. The van der Waals surface area contributed by atoms with Gasteiger partial charge in [-0.15, -0.1) is 0 Å². The molecule has 0 fully saturated rings. The van der Waals surface area contributed by atoms with E-state index in [2.05, 4.69) is 25.8 Å². The molecule has 0 bridgehead atoms. The van der Waals surface area contributed by atoms with Crippen LogP contribution in [0, 0.1) is 0 Å². The van der Waals surface area contributed by atoms with Crippen LogP contribution in [0.15, 0.2) is 24.5 Å². The summed E-state index contributed by atoms with van der Waals surface area (Å²) in [4.78, 5) is 16.0. The van der Waals surface area contributed by atoms with E-state index in [9.17, 15) is 4.79 Å². The largest absolute Gasteiger partial charge is 0.384 e. The van der Waals surface area contributed by atoms with Crippen LogP contribution in [0.5, 0.6) is 0 Å². The normalized spacial score (nSPS) is 12.8. The minimum absolute atomic E-state index is 0.0592. The first-order chi connectivity index (χ1) is 9.33. The molecule has 6 nitrogen and oxygen atoms in total. The molecule has 0 spiro atoms. The summed E-state index contributed by atoms with van der Waals surface area (Å²) in [5.41, 5.74) is 3.03. The van der Waals surface area contributed by atoms with Crippen LogP contribution in [0.25, 0.3) is 0 Å². The molecule has 0 saturated heterocycles.